The zero-order valence-electron chi connectivity index (χ0n) is 10.8. The molecule has 0 saturated heterocycles. The Balaban J connectivity index is 2.12. The van der Waals surface area contributed by atoms with Gasteiger partial charge in [-0.15, -0.1) is 0 Å². The molecule has 2 N–H and O–H groups in total. The molecular weight excluding hydrogens is 248 g/mol. The van der Waals surface area contributed by atoms with Crippen LogP contribution < -0.4 is 5.32 Å². The van der Waals surface area contributed by atoms with Gasteiger partial charge in [-0.05, 0) is 25.1 Å². The van der Waals surface area contributed by atoms with E-state index in [-0.39, 0.29) is 11.6 Å². The molecule has 5 heteroatoms. The summed E-state index contributed by atoms with van der Waals surface area (Å²) in [5.41, 5.74) is 0.125. The number of H-pyrrole nitrogens is 1. The third-order valence-electron chi connectivity index (χ3n) is 3.00. The fraction of sp³-hybridized carbons (Fsp3) is 0.357. The van der Waals surface area contributed by atoms with Crippen LogP contribution in [0.5, 0.6) is 0 Å². The Kier molecular flexibility index (Phi) is 4.63. The molecule has 0 fully saturated rings. The Morgan fingerprint density at radius 2 is 2.00 bits per heavy atom. The van der Waals surface area contributed by atoms with Crippen LogP contribution in [-0.2, 0) is 12.8 Å². The van der Waals surface area contributed by atoms with Crippen molar-refractivity contribution in [1.82, 2.24) is 15.3 Å². The maximum atomic E-state index is 13.6. The first-order valence-corrected chi connectivity index (χ1v) is 6.35. The Labute approximate surface area is 111 Å². The minimum Gasteiger partial charge on any atom is -0.349 e. The summed E-state index contributed by atoms with van der Waals surface area (Å²) in [6.45, 7) is 2.70. The number of nitrogens with zero attached hydrogens (tertiary/aromatic N) is 1. The average molecular weight is 265 g/mol. The van der Waals surface area contributed by atoms with E-state index in [0.29, 0.717) is 12.8 Å². The van der Waals surface area contributed by atoms with Gasteiger partial charge in [0.05, 0.1) is 0 Å². The second-order valence-corrected chi connectivity index (χ2v) is 4.40. The lowest BCUT2D eigenvalue weighted by Crippen LogP contribution is -2.34. The highest BCUT2D eigenvalue weighted by atomic mass is 19.1. The van der Waals surface area contributed by atoms with Crippen molar-refractivity contribution < 1.29 is 8.78 Å². The molecule has 3 nitrogen and oxygen atoms in total. The highest BCUT2D eigenvalue weighted by Crippen LogP contribution is 2.15. The van der Waals surface area contributed by atoms with Crippen LogP contribution in [0.4, 0.5) is 8.78 Å². The highest BCUT2D eigenvalue weighted by molar-refractivity contribution is 5.21. The molecule has 2 rings (SSSR count). The quantitative estimate of drug-likeness (QED) is 0.842. The topological polar surface area (TPSA) is 40.7 Å². The van der Waals surface area contributed by atoms with Crippen molar-refractivity contribution >= 4 is 0 Å². The monoisotopic (exact) mass is 265 g/mol. The number of benzene rings is 1. The molecule has 0 bridgehead atoms. The smallest absolute Gasteiger partial charge is 0.129 e. The molecule has 1 aromatic carbocycles. The molecule has 0 aliphatic carbocycles. The average Bonchev–Trinajstić information content (AvgIpc) is 2.87. The van der Waals surface area contributed by atoms with E-state index in [1.807, 2.05) is 6.92 Å². The molecule has 1 heterocycles. The van der Waals surface area contributed by atoms with Gasteiger partial charge in [0.25, 0.3) is 0 Å². The summed E-state index contributed by atoms with van der Waals surface area (Å²) in [5.74, 6) is -0.188. The molecule has 1 aromatic heterocycles. The van der Waals surface area contributed by atoms with Crippen molar-refractivity contribution in [3.05, 3.63) is 53.6 Å². The van der Waals surface area contributed by atoms with Crippen molar-refractivity contribution in [3.8, 4) is 0 Å². The predicted octanol–water partition coefficient (Wildman–Crippen LogP) is 2.45. The maximum absolute atomic E-state index is 13.6. The van der Waals surface area contributed by atoms with Gasteiger partial charge in [-0.2, -0.15) is 0 Å². The van der Waals surface area contributed by atoms with Crippen LogP contribution in [0.15, 0.2) is 30.6 Å². The van der Waals surface area contributed by atoms with Crippen LogP contribution in [0.3, 0.4) is 0 Å². The van der Waals surface area contributed by atoms with E-state index >= 15 is 0 Å². The molecule has 0 radical (unpaired) electrons. The standard InChI is InChI=1S/C14H17F2N3/c1-2-17-10(9-14-18-6-7-19-14)8-11-12(15)4-3-5-13(11)16/h3-7,10,17H,2,8-9H2,1H3,(H,18,19). The lowest BCUT2D eigenvalue weighted by atomic mass is 10.0. The van der Waals surface area contributed by atoms with E-state index in [0.717, 1.165) is 12.4 Å². The van der Waals surface area contributed by atoms with E-state index in [9.17, 15) is 8.78 Å². The van der Waals surface area contributed by atoms with Crippen molar-refractivity contribution in [2.24, 2.45) is 0 Å². The van der Waals surface area contributed by atoms with Gasteiger partial charge in [-0.3, -0.25) is 0 Å². The summed E-state index contributed by atoms with van der Waals surface area (Å²) in [6.07, 6.45) is 4.31. The van der Waals surface area contributed by atoms with Crippen LogP contribution in [0, 0.1) is 11.6 Å². The summed E-state index contributed by atoms with van der Waals surface area (Å²) >= 11 is 0. The van der Waals surface area contributed by atoms with E-state index in [2.05, 4.69) is 15.3 Å². The zero-order chi connectivity index (χ0) is 13.7. The molecule has 0 amide bonds. The minimum atomic E-state index is -0.498. The number of likely N-dealkylation sites (N-methyl/N-ethyl adjacent to an activating group) is 1. The molecular formula is C14H17F2N3. The minimum absolute atomic E-state index is 0.0532. The van der Waals surface area contributed by atoms with Gasteiger partial charge in [0.1, 0.15) is 17.5 Å². The lowest BCUT2D eigenvalue weighted by Gasteiger charge is -2.17. The fourth-order valence-corrected chi connectivity index (χ4v) is 2.12. The van der Waals surface area contributed by atoms with E-state index in [1.54, 1.807) is 12.4 Å². The molecule has 0 aliphatic heterocycles. The number of rotatable bonds is 6. The Morgan fingerprint density at radius 3 is 2.58 bits per heavy atom. The van der Waals surface area contributed by atoms with Crippen LogP contribution in [0.2, 0.25) is 0 Å². The normalized spacial score (nSPS) is 12.6. The third kappa shape index (κ3) is 3.61. The van der Waals surface area contributed by atoms with Crippen molar-refractivity contribution in [2.75, 3.05) is 6.54 Å². The summed E-state index contributed by atoms with van der Waals surface area (Å²) in [4.78, 5) is 7.14. The maximum Gasteiger partial charge on any atom is 0.129 e. The molecule has 1 unspecified atom stereocenters. The first-order valence-electron chi connectivity index (χ1n) is 6.35. The van der Waals surface area contributed by atoms with Crippen LogP contribution in [0.25, 0.3) is 0 Å². The van der Waals surface area contributed by atoms with Gasteiger partial charge >= 0.3 is 0 Å². The number of imidazole rings is 1. The van der Waals surface area contributed by atoms with Gasteiger partial charge in [-0.1, -0.05) is 13.0 Å². The summed E-state index contributed by atoms with van der Waals surface area (Å²) in [7, 11) is 0. The zero-order valence-corrected chi connectivity index (χ0v) is 10.8. The summed E-state index contributed by atoms with van der Waals surface area (Å²) in [6, 6.07) is 3.90. The molecule has 0 saturated carbocycles. The number of aromatic amines is 1. The van der Waals surface area contributed by atoms with E-state index in [1.165, 1.54) is 18.2 Å². The van der Waals surface area contributed by atoms with E-state index < -0.39 is 11.6 Å². The molecule has 1 atom stereocenters. The highest BCUT2D eigenvalue weighted by Gasteiger charge is 2.16. The summed E-state index contributed by atoms with van der Waals surface area (Å²) < 4.78 is 27.3. The fourth-order valence-electron chi connectivity index (χ4n) is 2.12. The SMILES string of the molecule is CCNC(Cc1ncc[nH]1)Cc1c(F)cccc1F. The van der Waals surface area contributed by atoms with E-state index in [4.69, 9.17) is 0 Å². The second-order valence-electron chi connectivity index (χ2n) is 4.40. The predicted molar refractivity (Wildman–Crippen MR) is 69.8 cm³/mol. The number of hydrogen-bond acceptors (Lipinski definition) is 2. The molecule has 0 aliphatic rings. The Bertz CT molecular complexity index is 491. The Morgan fingerprint density at radius 1 is 1.26 bits per heavy atom. The lowest BCUT2D eigenvalue weighted by molar-refractivity contribution is 0.478. The van der Waals surface area contributed by atoms with Crippen LogP contribution in [0.1, 0.15) is 18.3 Å². The van der Waals surface area contributed by atoms with Gasteiger partial charge in [-0.25, -0.2) is 13.8 Å². The van der Waals surface area contributed by atoms with Gasteiger partial charge in [0, 0.05) is 30.4 Å². The van der Waals surface area contributed by atoms with Gasteiger partial charge in [0.2, 0.25) is 0 Å². The van der Waals surface area contributed by atoms with Gasteiger partial charge < -0.3 is 10.3 Å². The molecule has 2 aromatic rings. The number of halogens is 2. The number of hydrogen-bond donors (Lipinski definition) is 2. The molecule has 0 spiro atoms. The molecule has 19 heavy (non-hydrogen) atoms. The first kappa shape index (κ1) is 13.7. The van der Waals surface area contributed by atoms with Crippen LogP contribution in [-0.4, -0.2) is 22.6 Å². The summed E-state index contributed by atoms with van der Waals surface area (Å²) in [5, 5.41) is 3.23. The first-order chi connectivity index (χ1) is 9.20. The third-order valence-corrected chi connectivity index (χ3v) is 3.00. The van der Waals surface area contributed by atoms with Crippen molar-refractivity contribution in [1.29, 1.82) is 0 Å². The Hall–Kier alpha value is -1.75. The van der Waals surface area contributed by atoms with Gasteiger partial charge in [0.15, 0.2) is 0 Å². The second kappa shape index (κ2) is 6.43. The largest absolute Gasteiger partial charge is 0.349 e. The van der Waals surface area contributed by atoms with Crippen molar-refractivity contribution in [3.63, 3.8) is 0 Å². The molecule has 102 valence electrons. The number of aromatic nitrogens is 2. The van der Waals surface area contributed by atoms with Crippen molar-refractivity contribution in [2.45, 2.75) is 25.8 Å². The van der Waals surface area contributed by atoms with Crippen LogP contribution >= 0.6 is 0 Å². The number of nitrogens with one attached hydrogen (secondary N) is 2.